The molecule has 1 saturated carbocycles. The first-order chi connectivity index (χ1) is 5.40. The van der Waals surface area contributed by atoms with Gasteiger partial charge in [-0.2, -0.15) is 4.98 Å². The summed E-state index contributed by atoms with van der Waals surface area (Å²) in [5.74, 6) is 2.14. The maximum atomic E-state index is 5.04. The van der Waals surface area contributed by atoms with E-state index in [9.17, 15) is 0 Å². The molecule has 0 radical (unpaired) electrons. The minimum absolute atomic E-state index is 0.563. The SMILES string of the molecule is CNCc1noc(C2CC2)n1. The van der Waals surface area contributed by atoms with E-state index in [0.29, 0.717) is 12.5 Å². The van der Waals surface area contributed by atoms with Crippen LogP contribution in [0.15, 0.2) is 4.52 Å². The topological polar surface area (TPSA) is 51.0 Å². The Balaban J connectivity index is 2.06. The highest BCUT2D eigenvalue weighted by molar-refractivity contribution is 5.01. The molecule has 1 aliphatic rings. The van der Waals surface area contributed by atoms with Crippen LogP contribution in [-0.2, 0) is 6.54 Å². The fourth-order valence-corrected chi connectivity index (χ4v) is 0.993. The smallest absolute Gasteiger partial charge is 0.229 e. The zero-order valence-corrected chi connectivity index (χ0v) is 6.50. The van der Waals surface area contributed by atoms with Crippen LogP contribution in [0.4, 0.5) is 0 Å². The van der Waals surface area contributed by atoms with Gasteiger partial charge in [0.15, 0.2) is 5.82 Å². The fraction of sp³-hybridized carbons (Fsp3) is 0.714. The van der Waals surface area contributed by atoms with Gasteiger partial charge in [-0.3, -0.25) is 0 Å². The molecule has 0 spiro atoms. The molecule has 0 amide bonds. The first-order valence-corrected chi connectivity index (χ1v) is 3.87. The van der Waals surface area contributed by atoms with E-state index in [-0.39, 0.29) is 0 Å². The third-order valence-electron chi connectivity index (χ3n) is 1.75. The molecule has 60 valence electrons. The Bertz CT molecular complexity index is 242. The number of hydrogen-bond donors (Lipinski definition) is 1. The Hall–Kier alpha value is -0.900. The van der Waals surface area contributed by atoms with Crippen molar-refractivity contribution in [2.24, 2.45) is 0 Å². The molecule has 0 bridgehead atoms. The summed E-state index contributed by atoms with van der Waals surface area (Å²) in [6.45, 7) is 0.691. The van der Waals surface area contributed by atoms with Gasteiger partial charge in [-0.25, -0.2) is 0 Å². The number of aromatic nitrogens is 2. The van der Waals surface area contributed by atoms with E-state index in [1.807, 2.05) is 7.05 Å². The predicted octanol–water partition coefficient (Wildman–Crippen LogP) is 0.666. The first kappa shape index (κ1) is 6.79. The summed E-state index contributed by atoms with van der Waals surface area (Å²) in [6.07, 6.45) is 2.42. The molecule has 0 atom stereocenters. The van der Waals surface area contributed by atoms with Crippen LogP contribution in [0.25, 0.3) is 0 Å². The van der Waals surface area contributed by atoms with Crippen LogP contribution >= 0.6 is 0 Å². The average molecular weight is 153 g/mol. The van der Waals surface area contributed by atoms with E-state index in [1.165, 1.54) is 12.8 Å². The summed E-state index contributed by atoms with van der Waals surface area (Å²) in [7, 11) is 1.87. The molecule has 0 aromatic carbocycles. The van der Waals surface area contributed by atoms with Crippen molar-refractivity contribution in [2.45, 2.75) is 25.3 Å². The van der Waals surface area contributed by atoms with Gasteiger partial charge >= 0.3 is 0 Å². The van der Waals surface area contributed by atoms with E-state index in [0.717, 1.165) is 11.7 Å². The number of rotatable bonds is 3. The third-order valence-corrected chi connectivity index (χ3v) is 1.75. The second-order valence-corrected chi connectivity index (χ2v) is 2.85. The molecular formula is C7H11N3O. The van der Waals surface area contributed by atoms with Gasteiger partial charge in [0.1, 0.15) is 0 Å². The van der Waals surface area contributed by atoms with Crippen molar-refractivity contribution in [1.29, 1.82) is 0 Å². The summed E-state index contributed by atoms with van der Waals surface area (Å²) >= 11 is 0. The van der Waals surface area contributed by atoms with Crippen LogP contribution < -0.4 is 5.32 Å². The van der Waals surface area contributed by atoms with Gasteiger partial charge in [0.2, 0.25) is 5.89 Å². The standard InChI is InChI=1S/C7H11N3O/c1-8-4-6-9-7(11-10-6)5-2-3-5/h5,8H,2-4H2,1H3. The molecule has 1 N–H and O–H groups in total. The second-order valence-electron chi connectivity index (χ2n) is 2.85. The third kappa shape index (κ3) is 1.40. The number of nitrogens with one attached hydrogen (secondary N) is 1. The van der Waals surface area contributed by atoms with Crippen molar-refractivity contribution in [3.8, 4) is 0 Å². The van der Waals surface area contributed by atoms with Crippen LogP contribution in [0, 0.1) is 0 Å². The van der Waals surface area contributed by atoms with Gasteiger partial charge in [0, 0.05) is 5.92 Å². The summed E-state index contributed by atoms with van der Waals surface area (Å²) in [5.41, 5.74) is 0. The Morgan fingerprint density at radius 3 is 3.09 bits per heavy atom. The molecule has 4 heteroatoms. The van der Waals surface area contributed by atoms with Crippen LogP contribution in [0.5, 0.6) is 0 Å². The lowest BCUT2D eigenvalue weighted by molar-refractivity contribution is 0.373. The summed E-state index contributed by atoms with van der Waals surface area (Å²) in [6, 6.07) is 0. The first-order valence-electron chi connectivity index (χ1n) is 3.87. The highest BCUT2D eigenvalue weighted by Crippen LogP contribution is 2.38. The van der Waals surface area contributed by atoms with E-state index in [1.54, 1.807) is 0 Å². The van der Waals surface area contributed by atoms with E-state index in [4.69, 9.17) is 4.52 Å². The van der Waals surface area contributed by atoms with E-state index < -0.39 is 0 Å². The molecule has 0 aliphatic heterocycles. The van der Waals surface area contributed by atoms with Crippen molar-refractivity contribution >= 4 is 0 Å². The van der Waals surface area contributed by atoms with Crippen LogP contribution in [0.3, 0.4) is 0 Å². The highest BCUT2D eigenvalue weighted by Gasteiger charge is 2.29. The average Bonchev–Trinajstić information content (AvgIpc) is 2.75. The van der Waals surface area contributed by atoms with Crippen molar-refractivity contribution < 1.29 is 4.52 Å². The monoisotopic (exact) mass is 153 g/mol. The fourth-order valence-electron chi connectivity index (χ4n) is 0.993. The second kappa shape index (κ2) is 2.62. The molecule has 1 fully saturated rings. The lowest BCUT2D eigenvalue weighted by Gasteiger charge is -1.86. The minimum Gasteiger partial charge on any atom is -0.339 e. The molecule has 11 heavy (non-hydrogen) atoms. The van der Waals surface area contributed by atoms with E-state index in [2.05, 4.69) is 15.5 Å². The van der Waals surface area contributed by atoms with Crippen molar-refractivity contribution in [1.82, 2.24) is 15.5 Å². The number of hydrogen-bond acceptors (Lipinski definition) is 4. The quantitative estimate of drug-likeness (QED) is 0.693. The molecular weight excluding hydrogens is 142 g/mol. The molecule has 0 unspecified atom stereocenters. The molecule has 1 aromatic heterocycles. The summed E-state index contributed by atoms with van der Waals surface area (Å²) in [5, 5.41) is 6.79. The minimum atomic E-state index is 0.563. The summed E-state index contributed by atoms with van der Waals surface area (Å²) in [4.78, 5) is 4.22. The van der Waals surface area contributed by atoms with Crippen molar-refractivity contribution in [3.05, 3.63) is 11.7 Å². The zero-order chi connectivity index (χ0) is 7.68. The zero-order valence-electron chi connectivity index (χ0n) is 6.50. The maximum absolute atomic E-state index is 5.04. The summed E-state index contributed by atoms with van der Waals surface area (Å²) < 4.78 is 5.04. The highest BCUT2D eigenvalue weighted by atomic mass is 16.5. The molecule has 1 aliphatic carbocycles. The van der Waals surface area contributed by atoms with Gasteiger partial charge in [-0.15, -0.1) is 0 Å². The molecule has 1 aromatic rings. The van der Waals surface area contributed by atoms with Crippen LogP contribution in [-0.4, -0.2) is 17.2 Å². The lowest BCUT2D eigenvalue weighted by atomic mass is 10.4. The van der Waals surface area contributed by atoms with Gasteiger partial charge in [-0.05, 0) is 19.9 Å². The Morgan fingerprint density at radius 1 is 1.64 bits per heavy atom. The Labute approximate surface area is 65.0 Å². The molecule has 2 rings (SSSR count). The molecule has 1 heterocycles. The lowest BCUT2D eigenvalue weighted by Crippen LogP contribution is -2.06. The maximum Gasteiger partial charge on any atom is 0.229 e. The van der Waals surface area contributed by atoms with Crippen molar-refractivity contribution in [3.63, 3.8) is 0 Å². The normalized spacial score (nSPS) is 17.2. The van der Waals surface area contributed by atoms with Crippen LogP contribution in [0.1, 0.15) is 30.5 Å². The number of nitrogens with zero attached hydrogens (tertiary/aromatic N) is 2. The molecule has 4 nitrogen and oxygen atoms in total. The van der Waals surface area contributed by atoms with Gasteiger partial charge in [0.25, 0.3) is 0 Å². The van der Waals surface area contributed by atoms with E-state index >= 15 is 0 Å². The van der Waals surface area contributed by atoms with Gasteiger partial charge < -0.3 is 9.84 Å². The van der Waals surface area contributed by atoms with Gasteiger partial charge in [0.05, 0.1) is 6.54 Å². The van der Waals surface area contributed by atoms with Crippen LogP contribution in [0.2, 0.25) is 0 Å². The molecule has 0 saturated heterocycles. The van der Waals surface area contributed by atoms with Gasteiger partial charge in [-0.1, -0.05) is 5.16 Å². The predicted molar refractivity (Wildman–Crippen MR) is 39.0 cm³/mol. The van der Waals surface area contributed by atoms with Crippen molar-refractivity contribution in [2.75, 3.05) is 7.05 Å². The Morgan fingerprint density at radius 2 is 2.45 bits per heavy atom. The largest absolute Gasteiger partial charge is 0.339 e. The Kier molecular flexibility index (Phi) is 1.62.